The van der Waals surface area contributed by atoms with Crippen LogP contribution >= 0.6 is 23.4 Å². The van der Waals surface area contributed by atoms with Gasteiger partial charge in [0.25, 0.3) is 5.91 Å². The van der Waals surface area contributed by atoms with Crippen molar-refractivity contribution >= 4 is 45.0 Å². The number of nitrogens with zero attached hydrogens (tertiary/aromatic N) is 3. The Labute approximate surface area is 215 Å². The molecule has 0 bridgehead atoms. The summed E-state index contributed by atoms with van der Waals surface area (Å²) < 4.78 is 27.4. The maximum Gasteiger partial charge on any atom is 0.275 e. The quantitative estimate of drug-likeness (QED) is 0.324. The molecule has 1 N–H and O–H groups in total. The zero-order chi connectivity index (χ0) is 25.0. The van der Waals surface area contributed by atoms with E-state index in [1.165, 1.54) is 40.0 Å². The average Bonchev–Trinajstić information content (AvgIpc) is 2.85. The van der Waals surface area contributed by atoms with E-state index >= 15 is 0 Å². The second kappa shape index (κ2) is 11.1. The van der Waals surface area contributed by atoms with E-state index < -0.39 is 15.9 Å². The number of carbonyl (C=O) groups excluding carboxylic acids is 1. The summed E-state index contributed by atoms with van der Waals surface area (Å²) in [5.41, 5.74) is 2.85. The summed E-state index contributed by atoms with van der Waals surface area (Å²) >= 11 is 7.62. The normalized spacial score (nSPS) is 15.2. The standard InChI is InChI=1S/C25H27ClN4O3S2/c1-17-11-13-30(14-12-17)35(32,33)21-9-7-20(8-10-21)28-24(31)23-22(26)15-27-25(29-23)34-16-19-6-4-3-5-18(19)2/h3-10,15,17H,11-14,16H2,1-2H3,(H,28,31). The molecule has 184 valence electrons. The van der Waals surface area contributed by atoms with Crippen LogP contribution in [0.4, 0.5) is 5.69 Å². The Balaban J connectivity index is 1.43. The van der Waals surface area contributed by atoms with Gasteiger partial charge in [-0.1, -0.05) is 54.6 Å². The van der Waals surface area contributed by atoms with Gasteiger partial charge in [-0.15, -0.1) is 0 Å². The van der Waals surface area contributed by atoms with E-state index in [1.54, 1.807) is 12.1 Å². The van der Waals surface area contributed by atoms with E-state index in [9.17, 15) is 13.2 Å². The van der Waals surface area contributed by atoms with Crippen molar-refractivity contribution in [2.24, 2.45) is 5.92 Å². The molecule has 0 atom stereocenters. The molecule has 0 unspecified atom stereocenters. The van der Waals surface area contributed by atoms with Gasteiger partial charge in [-0.3, -0.25) is 4.79 Å². The number of anilines is 1. The van der Waals surface area contributed by atoms with Crippen LogP contribution in [0.2, 0.25) is 5.02 Å². The molecule has 1 aliphatic rings. The van der Waals surface area contributed by atoms with E-state index in [0.29, 0.717) is 35.6 Å². The molecule has 0 radical (unpaired) electrons. The predicted octanol–water partition coefficient (Wildman–Crippen LogP) is 5.40. The number of halogens is 1. The van der Waals surface area contributed by atoms with E-state index in [0.717, 1.165) is 18.4 Å². The number of sulfonamides is 1. The van der Waals surface area contributed by atoms with Crippen molar-refractivity contribution in [1.82, 2.24) is 14.3 Å². The number of hydrogen-bond acceptors (Lipinski definition) is 6. The molecule has 7 nitrogen and oxygen atoms in total. The molecule has 1 amide bonds. The zero-order valence-corrected chi connectivity index (χ0v) is 22.0. The maximum absolute atomic E-state index is 12.9. The lowest BCUT2D eigenvalue weighted by Gasteiger charge is -2.29. The fourth-order valence-electron chi connectivity index (χ4n) is 3.77. The molecular weight excluding hydrogens is 504 g/mol. The van der Waals surface area contributed by atoms with Gasteiger partial charge in [-0.2, -0.15) is 4.31 Å². The van der Waals surface area contributed by atoms with E-state index in [4.69, 9.17) is 11.6 Å². The summed E-state index contributed by atoms with van der Waals surface area (Å²) in [7, 11) is -3.55. The smallest absolute Gasteiger partial charge is 0.275 e. The highest BCUT2D eigenvalue weighted by molar-refractivity contribution is 7.98. The summed E-state index contributed by atoms with van der Waals surface area (Å²) in [5.74, 6) is 0.714. The summed E-state index contributed by atoms with van der Waals surface area (Å²) in [6, 6.07) is 14.2. The summed E-state index contributed by atoms with van der Waals surface area (Å²) in [6.07, 6.45) is 3.13. The first kappa shape index (κ1) is 25.6. The SMILES string of the molecule is Cc1ccccc1CSc1ncc(Cl)c(C(=O)Nc2ccc(S(=O)(=O)N3CCC(C)CC3)cc2)n1. The first-order valence-corrected chi connectivity index (χ1v) is 14.2. The largest absolute Gasteiger partial charge is 0.321 e. The molecule has 1 saturated heterocycles. The third-order valence-corrected chi connectivity index (χ3v) is 9.15. The predicted molar refractivity (Wildman–Crippen MR) is 139 cm³/mol. The summed E-state index contributed by atoms with van der Waals surface area (Å²) in [6.45, 7) is 5.23. The number of aryl methyl sites for hydroxylation is 1. The van der Waals surface area contributed by atoms with Gasteiger partial charge in [0.05, 0.1) is 16.1 Å². The summed E-state index contributed by atoms with van der Waals surface area (Å²) in [5, 5.41) is 3.33. The first-order valence-electron chi connectivity index (χ1n) is 11.4. The van der Waals surface area contributed by atoms with Gasteiger partial charge >= 0.3 is 0 Å². The molecule has 2 aromatic carbocycles. The van der Waals surface area contributed by atoms with Gasteiger partial charge in [-0.05, 0) is 61.1 Å². The van der Waals surface area contributed by atoms with Crippen LogP contribution in [-0.2, 0) is 15.8 Å². The molecule has 10 heteroatoms. The van der Waals surface area contributed by atoms with Gasteiger partial charge < -0.3 is 5.32 Å². The second-order valence-electron chi connectivity index (χ2n) is 8.63. The van der Waals surface area contributed by atoms with E-state index in [2.05, 4.69) is 22.2 Å². The third kappa shape index (κ3) is 6.22. The molecular formula is C25H27ClN4O3S2. The Hall–Kier alpha value is -2.46. The molecule has 35 heavy (non-hydrogen) atoms. The fraction of sp³-hybridized carbons (Fsp3) is 0.320. The van der Waals surface area contributed by atoms with Crippen molar-refractivity contribution in [3.05, 3.63) is 76.6 Å². The molecule has 0 spiro atoms. The Kier molecular flexibility index (Phi) is 8.11. The molecule has 4 rings (SSSR count). The van der Waals surface area contributed by atoms with Crippen molar-refractivity contribution in [2.75, 3.05) is 18.4 Å². The van der Waals surface area contributed by atoms with Crippen LogP contribution in [0.5, 0.6) is 0 Å². The Morgan fingerprint density at radius 1 is 1.14 bits per heavy atom. The Bertz CT molecular complexity index is 1310. The highest BCUT2D eigenvalue weighted by atomic mass is 35.5. The Morgan fingerprint density at radius 2 is 1.83 bits per heavy atom. The number of nitrogens with one attached hydrogen (secondary N) is 1. The number of amides is 1. The van der Waals surface area contributed by atoms with Crippen LogP contribution in [-0.4, -0.2) is 41.7 Å². The van der Waals surface area contributed by atoms with Crippen LogP contribution in [0.3, 0.4) is 0 Å². The fourth-order valence-corrected chi connectivity index (χ4v) is 6.31. The van der Waals surface area contributed by atoms with Crippen LogP contribution in [0.25, 0.3) is 0 Å². The number of benzene rings is 2. The number of carbonyl (C=O) groups is 1. The van der Waals surface area contributed by atoms with Crippen LogP contribution in [0.15, 0.2) is 64.8 Å². The van der Waals surface area contributed by atoms with Crippen molar-refractivity contribution in [2.45, 2.75) is 42.5 Å². The van der Waals surface area contributed by atoms with Crippen LogP contribution in [0.1, 0.15) is 41.4 Å². The molecule has 1 fully saturated rings. The highest BCUT2D eigenvalue weighted by Crippen LogP contribution is 2.26. The topological polar surface area (TPSA) is 92.3 Å². The zero-order valence-electron chi connectivity index (χ0n) is 19.6. The van der Waals surface area contributed by atoms with Crippen molar-refractivity contribution in [3.63, 3.8) is 0 Å². The van der Waals surface area contributed by atoms with Gasteiger partial charge in [0, 0.05) is 24.5 Å². The number of hydrogen-bond donors (Lipinski definition) is 1. The summed E-state index contributed by atoms with van der Waals surface area (Å²) in [4.78, 5) is 21.6. The molecule has 2 heterocycles. The van der Waals surface area contributed by atoms with Gasteiger partial charge in [-0.25, -0.2) is 18.4 Å². The molecule has 3 aromatic rings. The number of rotatable bonds is 7. The van der Waals surface area contributed by atoms with Gasteiger partial charge in [0.1, 0.15) is 0 Å². The number of piperidine rings is 1. The maximum atomic E-state index is 12.9. The number of aromatic nitrogens is 2. The lowest BCUT2D eigenvalue weighted by atomic mass is 10.0. The Morgan fingerprint density at radius 3 is 2.51 bits per heavy atom. The minimum atomic E-state index is -3.55. The number of thioether (sulfide) groups is 1. The highest BCUT2D eigenvalue weighted by Gasteiger charge is 2.28. The van der Waals surface area contributed by atoms with Crippen molar-refractivity contribution in [3.8, 4) is 0 Å². The van der Waals surface area contributed by atoms with Crippen LogP contribution in [0, 0.1) is 12.8 Å². The minimum Gasteiger partial charge on any atom is -0.321 e. The van der Waals surface area contributed by atoms with Crippen molar-refractivity contribution < 1.29 is 13.2 Å². The molecule has 1 aromatic heterocycles. The van der Waals surface area contributed by atoms with E-state index in [1.807, 2.05) is 31.2 Å². The monoisotopic (exact) mass is 530 g/mol. The second-order valence-corrected chi connectivity index (χ2v) is 11.9. The van der Waals surface area contributed by atoms with Crippen molar-refractivity contribution in [1.29, 1.82) is 0 Å². The van der Waals surface area contributed by atoms with Crippen LogP contribution < -0.4 is 5.32 Å². The minimum absolute atomic E-state index is 0.0630. The van der Waals surface area contributed by atoms with Gasteiger partial charge in [0.15, 0.2) is 10.9 Å². The lowest BCUT2D eigenvalue weighted by molar-refractivity contribution is 0.102. The lowest BCUT2D eigenvalue weighted by Crippen LogP contribution is -2.37. The third-order valence-electron chi connectivity index (χ3n) is 6.05. The first-order chi connectivity index (χ1) is 16.7. The van der Waals surface area contributed by atoms with E-state index in [-0.39, 0.29) is 15.6 Å². The van der Waals surface area contributed by atoms with Gasteiger partial charge in [0.2, 0.25) is 10.0 Å². The average molecular weight is 531 g/mol. The molecule has 0 aliphatic carbocycles. The molecule has 1 aliphatic heterocycles. The molecule has 0 saturated carbocycles.